The summed E-state index contributed by atoms with van der Waals surface area (Å²) in [7, 11) is 1.63. The number of aryl methyl sites for hydroxylation is 3. The van der Waals surface area contributed by atoms with E-state index in [0.717, 1.165) is 44.0 Å². The molecule has 29 heavy (non-hydrogen) atoms. The van der Waals surface area contributed by atoms with Crippen LogP contribution in [0.25, 0.3) is 10.6 Å². The molecule has 11 heteroatoms. The van der Waals surface area contributed by atoms with E-state index in [-0.39, 0.29) is 36.3 Å². The average Bonchev–Trinajstić information content (AvgIpc) is 3.02. The van der Waals surface area contributed by atoms with Gasteiger partial charge in [0.2, 0.25) is 0 Å². The monoisotopic (exact) mass is 462 g/mol. The third kappa shape index (κ3) is 5.76. The number of nitrogens with zero attached hydrogens (tertiary/aromatic N) is 4. The number of hydrogen-bond acceptors (Lipinski definition) is 7. The van der Waals surface area contributed by atoms with Gasteiger partial charge >= 0.3 is 0 Å². The highest BCUT2D eigenvalue weighted by Crippen LogP contribution is 2.28. The minimum Gasteiger partial charge on any atom is -0.350 e. The van der Waals surface area contributed by atoms with Crippen LogP contribution in [0, 0.1) is 20.8 Å². The van der Waals surface area contributed by atoms with Gasteiger partial charge in [-0.25, -0.2) is 9.67 Å². The minimum atomic E-state index is -0.197. The smallest absolute Gasteiger partial charge is 0.277 e. The molecule has 0 unspecified atom stereocenters. The van der Waals surface area contributed by atoms with Gasteiger partial charge in [-0.1, -0.05) is 0 Å². The molecule has 0 atom stereocenters. The second kappa shape index (κ2) is 11.0. The first kappa shape index (κ1) is 25.5. The summed E-state index contributed by atoms with van der Waals surface area (Å²) in [6.07, 6.45) is 0. The maximum atomic E-state index is 12.6. The quantitative estimate of drug-likeness (QED) is 0.695. The van der Waals surface area contributed by atoms with Crippen LogP contribution >= 0.6 is 36.2 Å². The summed E-state index contributed by atoms with van der Waals surface area (Å²) in [6, 6.07) is 0. The lowest BCUT2D eigenvalue weighted by molar-refractivity contribution is 0.0950. The van der Waals surface area contributed by atoms with Gasteiger partial charge in [-0.2, -0.15) is 5.10 Å². The molecule has 2 aromatic heterocycles. The molecule has 162 valence electrons. The normalized spacial score (nSPS) is 14.1. The maximum absolute atomic E-state index is 12.6. The van der Waals surface area contributed by atoms with E-state index in [0.29, 0.717) is 27.7 Å². The van der Waals surface area contributed by atoms with Crippen molar-refractivity contribution in [3.8, 4) is 10.6 Å². The van der Waals surface area contributed by atoms with E-state index in [1.165, 1.54) is 16.0 Å². The van der Waals surface area contributed by atoms with Gasteiger partial charge in [-0.05, 0) is 26.3 Å². The van der Waals surface area contributed by atoms with Crippen LogP contribution in [0.4, 0.5) is 0 Å². The standard InChI is InChI=1S/C18H26N6O2S.2ClH/c1-11-12(2)22-23(4)18(26)14(11)17-21-13(3)15(27-17)16(25)20-7-10-24-8-5-19-6-9-24;;/h19H,5-10H2,1-4H3,(H,20,25);2*1H. The number of aromatic nitrogens is 3. The van der Waals surface area contributed by atoms with Crippen LogP contribution < -0.4 is 16.2 Å². The molecule has 0 radical (unpaired) electrons. The lowest BCUT2D eigenvalue weighted by atomic mass is 10.1. The summed E-state index contributed by atoms with van der Waals surface area (Å²) in [5, 5.41) is 11.1. The van der Waals surface area contributed by atoms with Gasteiger partial charge in [0.25, 0.3) is 11.5 Å². The minimum absolute atomic E-state index is 0. The Kier molecular flexibility index (Phi) is 9.70. The molecule has 0 saturated carbocycles. The molecule has 0 aliphatic carbocycles. The van der Waals surface area contributed by atoms with Crippen molar-refractivity contribution in [1.82, 2.24) is 30.3 Å². The molecule has 0 spiro atoms. The lowest BCUT2D eigenvalue weighted by Crippen LogP contribution is -2.46. The Morgan fingerprint density at radius 2 is 1.83 bits per heavy atom. The maximum Gasteiger partial charge on any atom is 0.277 e. The first-order valence-electron chi connectivity index (χ1n) is 9.12. The fraction of sp³-hybridized carbons (Fsp3) is 0.556. The Hall–Kier alpha value is -1.52. The van der Waals surface area contributed by atoms with Crippen molar-refractivity contribution < 1.29 is 4.79 Å². The third-order valence-electron chi connectivity index (χ3n) is 4.87. The van der Waals surface area contributed by atoms with Gasteiger partial charge in [0, 0.05) is 46.3 Å². The molecule has 0 bridgehead atoms. The number of piperazine rings is 1. The van der Waals surface area contributed by atoms with Gasteiger partial charge < -0.3 is 10.6 Å². The SMILES string of the molecule is Cc1nc(-c2c(C)c(C)nn(C)c2=O)sc1C(=O)NCCN1CCNCC1.Cl.Cl. The van der Waals surface area contributed by atoms with Crippen LogP contribution in [-0.2, 0) is 7.05 Å². The van der Waals surface area contributed by atoms with Crippen molar-refractivity contribution in [2.24, 2.45) is 7.05 Å². The zero-order valence-electron chi connectivity index (χ0n) is 17.1. The van der Waals surface area contributed by atoms with Crippen molar-refractivity contribution >= 4 is 42.1 Å². The Labute approximate surface area is 186 Å². The highest BCUT2D eigenvalue weighted by atomic mass is 35.5. The van der Waals surface area contributed by atoms with Gasteiger partial charge in [-0.3, -0.25) is 14.5 Å². The predicted octanol–water partition coefficient (Wildman–Crippen LogP) is 1.31. The summed E-state index contributed by atoms with van der Waals surface area (Å²) >= 11 is 1.26. The fourth-order valence-electron chi connectivity index (χ4n) is 3.16. The van der Waals surface area contributed by atoms with E-state index in [1.807, 2.05) is 13.8 Å². The first-order valence-corrected chi connectivity index (χ1v) is 9.93. The van der Waals surface area contributed by atoms with Gasteiger partial charge in [0.15, 0.2) is 0 Å². The molecule has 0 aromatic carbocycles. The second-order valence-electron chi connectivity index (χ2n) is 6.80. The highest BCUT2D eigenvalue weighted by Gasteiger charge is 2.21. The Bertz CT molecular complexity index is 908. The van der Waals surface area contributed by atoms with Crippen LogP contribution in [0.3, 0.4) is 0 Å². The van der Waals surface area contributed by atoms with E-state index >= 15 is 0 Å². The number of carbonyl (C=O) groups excluding carboxylic acids is 1. The van der Waals surface area contributed by atoms with Gasteiger partial charge in [0.05, 0.1) is 17.0 Å². The zero-order valence-corrected chi connectivity index (χ0v) is 19.5. The van der Waals surface area contributed by atoms with E-state index in [9.17, 15) is 9.59 Å². The zero-order chi connectivity index (χ0) is 19.6. The molecule has 1 saturated heterocycles. The van der Waals surface area contributed by atoms with E-state index in [2.05, 4.69) is 25.6 Å². The lowest BCUT2D eigenvalue weighted by Gasteiger charge is -2.27. The van der Waals surface area contributed by atoms with Crippen molar-refractivity contribution in [3.63, 3.8) is 0 Å². The molecule has 2 N–H and O–H groups in total. The number of thiazole rings is 1. The first-order chi connectivity index (χ1) is 12.9. The number of amides is 1. The predicted molar refractivity (Wildman–Crippen MR) is 121 cm³/mol. The number of rotatable bonds is 5. The summed E-state index contributed by atoms with van der Waals surface area (Å²) < 4.78 is 1.32. The number of nitrogens with one attached hydrogen (secondary N) is 2. The summed E-state index contributed by atoms with van der Waals surface area (Å²) in [4.78, 5) is 32.5. The summed E-state index contributed by atoms with van der Waals surface area (Å²) in [5.41, 5.74) is 2.56. The molecular formula is C18H28Cl2N6O2S. The number of carbonyl (C=O) groups is 1. The topological polar surface area (TPSA) is 92.1 Å². The number of hydrogen-bond donors (Lipinski definition) is 2. The Balaban J connectivity index is 0.00000210. The number of halogens is 2. The second-order valence-corrected chi connectivity index (χ2v) is 7.79. The van der Waals surface area contributed by atoms with Crippen LogP contribution in [-0.4, -0.2) is 64.8 Å². The molecule has 1 amide bonds. The van der Waals surface area contributed by atoms with Crippen LogP contribution in [0.1, 0.15) is 26.6 Å². The molecule has 3 rings (SSSR count). The van der Waals surface area contributed by atoms with Crippen molar-refractivity contribution in [3.05, 3.63) is 32.2 Å². The Morgan fingerprint density at radius 1 is 1.17 bits per heavy atom. The van der Waals surface area contributed by atoms with Gasteiger partial charge in [-0.15, -0.1) is 36.2 Å². The molecule has 3 heterocycles. The fourth-order valence-corrected chi connectivity index (χ4v) is 4.23. The van der Waals surface area contributed by atoms with Crippen molar-refractivity contribution in [1.29, 1.82) is 0 Å². The largest absolute Gasteiger partial charge is 0.350 e. The molecule has 1 aliphatic rings. The van der Waals surface area contributed by atoms with Crippen molar-refractivity contribution in [2.75, 3.05) is 39.3 Å². The van der Waals surface area contributed by atoms with Crippen LogP contribution in [0.5, 0.6) is 0 Å². The van der Waals surface area contributed by atoms with Crippen LogP contribution in [0.15, 0.2) is 4.79 Å². The molecule has 8 nitrogen and oxygen atoms in total. The molecule has 1 fully saturated rings. The summed E-state index contributed by atoms with van der Waals surface area (Å²) in [6.45, 7) is 11.0. The Morgan fingerprint density at radius 3 is 2.48 bits per heavy atom. The molecular weight excluding hydrogens is 435 g/mol. The van der Waals surface area contributed by atoms with E-state index < -0.39 is 0 Å². The van der Waals surface area contributed by atoms with Gasteiger partial charge in [0.1, 0.15) is 9.88 Å². The molecule has 2 aromatic rings. The van der Waals surface area contributed by atoms with E-state index in [1.54, 1.807) is 14.0 Å². The van der Waals surface area contributed by atoms with Crippen LogP contribution in [0.2, 0.25) is 0 Å². The van der Waals surface area contributed by atoms with E-state index in [4.69, 9.17) is 0 Å². The summed E-state index contributed by atoms with van der Waals surface area (Å²) in [5.74, 6) is -0.133. The van der Waals surface area contributed by atoms with Crippen molar-refractivity contribution in [2.45, 2.75) is 20.8 Å². The third-order valence-corrected chi connectivity index (χ3v) is 6.04. The average molecular weight is 463 g/mol. The highest BCUT2D eigenvalue weighted by molar-refractivity contribution is 7.17. The molecule has 1 aliphatic heterocycles.